The van der Waals surface area contributed by atoms with Gasteiger partial charge in [-0.25, -0.2) is 4.79 Å². The lowest BCUT2D eigenvalue weighted by atomic mass is 10.1. The first-order valence-corrected chi connectivity index (χ1v) is 8.47. The number of hydrogen-bond acceptors (Lipinski definition) is 2. The first-order valence-electron chi connectivity index (χ1n) is 8.47. The van der Waals surface area contributed by atoms with Crippen molar-refractivity contribution in [2.45, 2.75) is 13.5 Å². The average molecular weight is 345 g/mol. The lowest BCUT2D eigenvalue weighted by Crippen LogP contribution is -2.25. The summed E-state index contributed by atoms with van der Waals surface area (Å²) in [7, 11) is 1.47. The van der Waals surface area contributed by atoms with E-state index in [0.717, 1.165) is 27.9 Å². The standard InChI is InChI=1S/C21H19N3O2/c1-14-6-5-7-15(10-14)12-24-13-16(17-8-3-4-9-19(17)24)11-18-20(25)23(2)21(26)22-18/h3-11,13H,12H2,1-2H3,(H,22,26)/b18-11+. The molecule has 0 atom stereocenters. The highest BCUT2D eigenvalue weighted by Crippen LogP contribution is 2.25. The predicted octanol–water partition coefficient (Wildman–Crippen LogP) is 3.52. The van der Waals surface area contributed by atoms with E-state index < -0.39 is 6.03 Å². The number of para-hydroxylation sites is 1. The number of aromatic nitrogens is 1. The number of hydrogen-bond donors (Lipinski definition) is 1. The molecule has 26 heavy (non-hydrogen) atoms. The van der Waals surface area contributed by atoms with Crippen molar-refractivity contribution in [1.82, 2.24) is 14.8 Å². The monoisotopic (exact) mass is 345 g/mol. The fourth-order valence-corrected chi connectivity index (χ4v) is 3.31. The Morgan fingerprint density at radius 1 is 1.08 bits per heavy atom. The number of likely N-dealkylation sites (N-methyl/N-ethyl adjacent to an activating group) is 1. The molecule has 5 heteroatoms. The molecule has 3 amide bonds. The van der Waals surface area contributed by atoms with Gasteiger partial charge in [-0.15, -0.1) is 0 Å². The molecule has 1 saturated heterocycles. The quantitative estimate of drug-likeness (QED) is 0.583. The zero-order chi connectivity index (χ0) is 18.3. The second-order valence-electron chi connectivity index (χ2n) is 6.57. The summed E-state index contributed by atoms with van der Waals surface area (Å²) in [4.78, 5) is 24.9. The van der Waals surface area contributed by atoms with Crippen molar-refractivity contribution in [3.05, 3.63) is 77.1 Å². The number of imide groups is 1. The van der Waals surface area contributed by atoms with Crippen LogP contribution in [0, 0.1) is 6.92 Å². The molecule has 0 bridgehead atoms. The van der Waals surface area contributed by atoms with Gasteiger partial charge in [-0.2, -0.15) is 0 Å². The maximum Gasteiger partial charge on any atom is 0.328 e. The maximum absolute atomic E-state index is 12.2. The molecule has 1 aliphatic heterocycles. The number of aryl methyl sites for hydroxylation is 1. The Morgan fingerprint density at radius 3 is 2.62 bits per heavy atom. The van der Waals surface area contributed by atoms with Crippen LogP contribution in [0.25, 0.3) is 17.0 Å². The highest BCUT2D eigenvalue weighted by atomic mass is 16.2. The van der Waals surface area contributed by atoms with Crippen LogP contribution in [0.1, 0.15) is 16.7 Å². The summed E-state index contributed by atoms with van der Waals surface area (Å²) in [6.45, 7) is 2.82. The summed E-state index contributed by atoms with van der Waals surface area (Å²) in [5.41, 5.74) is 4.74. The van der Waals surface area contributed by atoms with E-state index in [9.17, 15) is 9.59 Å². The molecular formula is C21H19N3O2. The van der Waals surface area contributed by atoms with Gasteiger partial charge in [0, 0.05) is 36.3 Å². The van der Waals surface area contributed by atoms with Crippen molar-refractivity contribution in [2.75, 3.05) is 7.05 Å². The minimum absolute atomic E-state index is 0.302. The van der Waals surface area contributed by atoms with Crippen LogP contribution in [-0.2, 0) is 11.3 Å². The van der Waals surface area contributed by atoms with E-state index in [4.69, 9.17) is 0 Å². The third-order valence-corrected chi connectivity index (χ3v) is 4.64. The molecule has 4 rings (SSSR count). The van der Waals surface area contributed by atoms with Gasteiger partial charge in [0.2, 0.25) is 0 Å². The van der Waals surface area contributed by atoms with Crippen molar-refractivity contribution < 1.29 is 9.59 Å². The fraction of sp³-hybridized carbons (Fsp3) is 0.143. The van der Waals surface area contributed by atoms with E-state index in [1.807, 2.05) is 24.4 Å². The number of carbonyl (C=O) groups excluding carboxylic acids is 2. The number of fused-ring (bicyclic) bond motifs is 1. The summed E-state index contributed by atoms with van der Waals surface area (Å²) >= 11 is 0. The topological polar surface area (TPSA) is 54.3 Å². The number of benzene rings is 2. The van der Waals surface area contributed by atoms with Crippen LogP contribution >= 0.6 is 0 Å². The van der Waals surface area contributed by atoms with Gasteiger partial charge in [-0.1, -0.05) is 48.0 Å². The van der Waals surface area contributed by atoms with Crippen LogP contribution in [-0.4, -0.2) is 28.5 Å². The minimum Gasteiger partial charge on any atom is -0.342 e. The second kappa shape index (κ2) is 6.19. The smallest absolute Gasteiger partial charge is 0.328 e. The average Bonchev–Trinajstić information content (AvgIpc) is 3.08. The third-order valence-electron chi connectivity index (χ3n) is 4.64. The summed E-state index contributed by atoms with van der Waals surface area (Å²) < 4.78 is 2.17. The Hall–Kier alpha value is -3.34. The molecule has 1 N–H and O–H groups in total. The molecule has 0 radical (unpaired) electrons. The summed E-state index contributed by atoms with van der Waals surface area (Å²) in [6.07, 6.45) is 3.77. The van der Waals surface area contributed by atoms with Crippen molar-refractivity contribution in [3.63, 3.8) is 0 Å². The van der Waals surface area contributed by atoms with E-state index in [2.05, 4.69) is 47.1 Å². The SMILES string of the molecule is Cc1cccc(Cn2cc(/C=C3/NC(=O)N(C)C3=O)c3ccccc32)c1. The van der Waals surface area contributed by atoms with Crippen LogP contribution in [0.5, 0.6) is 0 Å². The van der Waals surface area contributed by atoms with Gasteiger partial charge in [0.25, 0.3) is 5.91 Å². The van der Waals surface area contributed by atoms with Crippen molar-refractivity contribution in [2.24, 2.45) is 0 Å². The minimum atomic E-state index is -0.398. The Labute approximate surface area is 151 Å². The molecule has 2 heterocycles. The lowest BCUT2D eigenvalue weighted by molar-refractivity contribution is -0.121. The number of amides is 3. The number of rotatable bonds is 3. The summed E-state index contributed by atoms with van der Waals surface area (Å²) in [5, 5.41) is 3.67. The Kier molecular flexibility index (Phi) is 3.84. The van der Waals surface area contributed by atoms with E-state index in [1.54, 1.807) is 6.08 Å². The molecule has 1 aliphatic rings. The highest BCUT2D eigenvalue weighted by molar-refractivity contribution is 6.14. The predicted molar refractivity (Wildman–Crippen MR) is 101 cm³/mol. The summed E-state index contributed by atoms with van der Waals surface area (Å²) in [6, 6.07) is 16.1. The number of urea groups is 1. The van der Waals surface area contributed by atoms with Crippen molar-refractivity contribution >= 4 is 28.9 Å². The van der Waals surface area contributed by atoms with E-state index >= 15 is 0 Å². The van der Waals surface area contributed by atoms with Gasteiger partial charge in [-0.3, -0.25) is 9.69 Å². The molecule has 0 aliphatic carbocycles. The van der Waals surface area contributed by atoms with E-state index in [0.29, 0.717) is 5.70 Å². The van der Waals surface area contributed by atoms with Gasteiger partial charge in [0.15, 0.2) is 0 Å². The van der Waals surface area contributed by atoms with Crippen molar-refractivity contribution in [1.29, 1.82) is 0 Å². The molecule has 2 aromatic carbocycles. The molecular weight excluding hydrogens is 326 g/mol. The Bertz CT molecular complexity index is 1060. The maximum atomic E-state index is 12.2. The van der Waals surface area contributed by atoms with Gasteiger partial charge in [-0.05, 0) is 24.6 Å². The summed E-state index contributed by atoms with van der Waals surface area (Å²) in [5.74, 6) is -0.314. The first kappa shape index (κ1) is 16.1. The second-order valence-corrected chi connectivity index (χ2v) is 6.57. The van der Waals surface area contributed by atoms with Crippen LogP contribution in [0.2, 0.25) is 0 Å². The molecule has 0 unspecified atom stereocenters. The zero-order valence-corrected chi connectivity index (χ0v) is 14.7. The number of nitrogens with zero attached hydrogens (tertiary/aromatic N) is 2. The van der Waals surface area contributed by atoms with Crippen LogP contribution < -0.4 is 5.32 Å². The molecule has 1 aromatic heterocycles. The van der Waals surface area contributed by atoms with Crippen LogP contribution in [0.15, 0.2) is 60.4 Å². The number of carbonyl (C=O) groups is 2. The lowest BCUT2D eigenvalue weighted by Gasteiger charge is -2.06. The van der Waals surface area contributed by atoms with E-state index in [-0.39, 0.29) is 5.91 Å². The first-order chi connectivity index (χ1) is 12.5. The highest BCUT2D eigenvalue weighted by Gasteiger charge is 2.30. The third kappa shape index (κ3) is 2.77. The molecule has 0 spiro atoms. The van der Waals surface area contributed by atoms with Crippen molar-refractivity contribution in [3.8, 4) is 0 Å². The fourth-order valence-electron chi connectivity index (χ4n) is 3.31. The van der Waals surface area contributed by atoms with Gasteiger partial charge >= 0.3 is 6.03 Å². The van der Waals surface area contributed by atoms with E-state index in [1.165, 1.54) is 18.2 Å². The van der Waals surface area contributed by atoms with Gasteiger partial charge < -0.3 is 9.88 Å². The molecule has 5 nitrogen and oxygen atoms in total. The molecule has 3 aromatic rings. The van der Waals surface area contributed by atoms with Gasteiger partial charge in [0.05, 0.1) is 0 Å². The Morgan fingerprint density at radius 2 is 1.88 bits per heavy atom. The zero-order valence-electron chi connectivity index (χ0n) is 14.7. The van der Waals surface area contributed by atoms with Gasteiger partial charge in [0.1, 0.15) is 5.70 Å². The number of nitrogens with one attached hydrogen (secondary N) is 1. The normalized spacial score (nSPS) is 15.9. The van der Waals surface area contributed by atoms with Crippen LogP contribution in [0.4, 0.5) is 4.79 Å². The molecule has 1 fully saturated rings. The Balaban J connectivity index is 1.77. The van der Waals surface area contributed by atoms with Crippen LogP contribution in [0.3, 0.4) is 0 Å². The molecule has 0 saturated carbocycles. The molecule has 130 valence electrons. The largest absolute Gasteiger partial charge is 0.342 e.